The van der Waals surface area contributed by atoms with Crippen molar-refractivity contribution < 1.29 is 0 Å². The Morgan fingerprint density at radius 1 is 1.38 bits per heavy atom. The fraction of sp³-hybridized carbons (Fsp3) is 0.500. The molecule has 0 radical (unpaired) electrons. The average Bonchev–Trinajstić information content (AvgIpc) is 3.11. The summed E-state index contributed by atoms with van der Waals surface area (Å²) >= 11 is 1.78. The van der Waals surface area contributed by atoms with Crippen LogP contribution in [0.15, 0.2) is 23.6 Å². The number of rotatable bonds is 6. The smallest absolute Gasteiger partial charge is 0.191 e. The van der Waals surface area contributed by atoms with Gasteiger partial charge in [-0.25, -0.2) is 4.98 Å². The van der Waals surface area contributed by atoms with Crippen LogP contribution in [0.25, 0.3) is 0 Å². The van der Waals surface area contributed by atoms with Gasteiger partial charge in [0.2, 0.25) is 0 Å². The van der Waals surface area contributed by atoms with Gasteiger partial charge in [-0.1, -0.05) is 6.92 Å². The summed E-state index contributed by atoms with van der Waals surface area (Å²) < 4.78 is 1.79. The fourth-order valence-corrected chi connectivity index (χ4v) is 2.75. The highest BCUT2D eigenvalue weighted by Gasteiger charge is 2.02. The van der Waals surface area contributed by atoms with Crippen molar-refractivity contribution in [2.24, 2.45) is 12.0 Å². The fourth-order valence-electron chi connectivity index (χ4n) is 1.88. The van der Waals surface area contributed by atoms with E-state index >= 15 is 0 Å². The van der Waals surface area contributed by atoms with E-state index in [0.29, 0.717) is 6.54 Å². The summed E-state index contributed by atoms with van der Waals surface area (Å²) in [5.41, 5.74) is 1.13. The van der Waals surface area contributed by atoms with E-state index < -0.39 is 0 Å². The highest BCUT2D eigenvalue weighted by Crippen LogP contribution is 2.13. The second-order valence-electron chi connectivity index (χ2n) is 4.70. The SMILES string of the molecule is CCc1cnc(CCNC(=NC)NCc2cnn(C)c2)s1. The number of aromatic nitrogens is 3. The third-order valence-electron chi connectivity index (χ3n) is 3.02. The van der Waals surface area contributed by atoms with E-state index in [2.05, 4.69) is 32.6 Å². The lowest BCUT2D eigenvalue weighted by molar-refractivity contribution is 0.764. The Labute approximate surface area is 129 Å². The molecule has 0 aliphatic rings. The van der Waals surface area contributed by atoms with Crippen LogP contribution in [0.2, 0.25) is 0 Å². The van der Waals surface area contributed by atoms with Gasteiger partial charge in [-0.15, -0.1) is 11.3 Å². The minimum absolute atomic E-state index is 0.713. The summed E-state index contributed by atoms with van der Waals surface area (Å²) in [6.45, 7) is 3.69. The number of aliphatic imine (C=N–C) groups is 1. The van der Waals surface area contributed by atoms with Crippen LogP contribution in [-0.4, -0.2) is 34.3 Å². The zero-order valence-corrected chi connectivity index (χ0v) is 13.6. The second kappa shape index (κ2) is 7.78. The molecule has 2 rings (SSSR count). The monoisotopic (exact) mass is 306 g/mol. The van der Waals surface area contributed by atoms with Crippen molar-refractivity contribution in [1.29, 1.82) is 0 Å². The number of hydrogen-bond acceptors (Lipinski definition) is 4. The lowest BCUT2D eigenvalue weighted by Crippen LogP contribution is -2.37. The van der Waals surface area contributed by atoms with Crippen LogP contribution in [-0.2, 0) is 26.4 Å². The minimum atomic E-state index is 0.713. The summed E-state index contributed by atoms with van der Waals surface area (Å²) in [4.78, 5) is 9.96. The molecule has 114 valence electrons. The molecular weight excluding hydrogens is 284 g/mol. The Bertz CT molecular complexity index is 586. The topological polar surface area (TPSA) is 67.1 Å². The van der Waals surface area contributed by atoms with Crippen molar-refractivity contribution >= 4 is 17.3 Å². The van der Waals surface area contributed by atoms with E-state index in [1.54, 1.807) is 23.1 Å². The summed E-state index contributed by atoms with van der Waals surface area (Å²) in [7, 11) is 3.69. The summed E-state index contributed by atoms with van der Waals surface area (Å²) in [5, 5.41) is 11.9. The zero-order chi connectivity index (χ0) is 15.1. The van der Waals surface area contributed by atoms with Crippen LogP contribution in [0, 0.1) is 0 Å². The second-order valence-corrected chi connectivity index (χ2v) is 5.90. The molecule has 0 unspecified atom stereocenters. The molecule has 0 amide bonds. The van der Waals surface area contributed by atoms with Gasteiger partial charge in [-0.2, -0.15) is 5.10 Å². The van der Waals surface area contributed by atoms with Gasteiger partial charge >= 0.3 is 0 Å². The molecule has 21 heavy (non-hydrogen) atoms. The first kappa shape index (κ1) is 15.5. The number of guanidine groups is 1. The molecule has 2 heterocycles. The van der Waals surface area contributed by atoms with E-state index in [1.165, 1.54) is 9.88 Å². The van der Waals surface area contributed by atoms with Gasteiger partial charge in [0.15, 0.2) is 5.96 Å². The maximum absolute atomic E-state index is 4.41. The van der Waals surface area contributed by atoms with E-state index in [0.717, 1.165) is 30.9 Å². The maximum Gasteiger partial charge on any atom is 0.191 e. The molecule has 2 N–H and O–H groups in total. The normalized spacial score (nSPS) is 11.7. The molecule has 0 bridgehead atoms. The van der Waals surface area contributed by atoms with Gasteiger partial charge < -0.3 is 10.6 Å². The lowest BCUT2D eigenvalue weighted by Gasteiger charge is -2.10. The summed E-state index contributed by atoms with van der Waals surface area (Å²) in [5.74, 6) is 0.797. The van der Waals surface area contributed by atoms with Gasteiger partial charge in [0.1, 0.15) is 0 Å². The number of hydrogen-bond donors (Lipinski definition) is 2. The van der Waals surface area contributed by atoms with E-state index in [4.69, 9.17) is 0 Å². The Morgan fingerprint density at radius 2 is 2.24 bits per heavy atom. The Kier molecular flexibility index (Phi) is 5.74. The molecule has 2 aromatic rings. The molecule has 6 nitrogen and oxygen atoms in total. The molecular formula is C14H22N6S. The van der Waals surface area contributed by atoms with Crippen molar-refractivity contribution in [2.75, 3.05) is 13.6 Å². The van der Waals surface area contributed by atoms with Crippen molar-refractivity contribution in [3.05, 3.63) is 34.0 Å². The first-order chi connectivity index (χ1) is 10.2. The molecule has 0 saturated carbocycles. The molecule has 0 atom stereocenters. The lowest BCUT2D eigenvalue weighted by atomic mass is 10.3. The van der Waals surface area contributed by atoms with Crippen LogP contribution in [0.3, 0.4) is 0 Å². The van der Waals surface area contributed by atoms with Crippen LogP contribution >= 0.6 is 11.3 Å². The van der Waals surface area contributed by atoms with Gasteiger partial charge in [0, 0.05) is 56.4 Å². The highest BCUT2D eigenvalue weighted by atomic mass is 32.1. The van der Waals surface area contributed by atoms with Gasteiger partial charge in [-0.3, -0.25) is 9.67 Å². The zero-order valence-electron chi connectivity index (χ0n) is 12.8. The average molecular weight is 306 g/mol. The molecule has 7 heteroatoms. The third-order valence-corrected chi connectivity index (χ3v) is 4.22. The van der Waals surface area contributed by atoms with Crippen LogP contribution < -0.4 is 10.6 Å². The van der Waals surface area contributed by atoms with Crippen molar-refractivity contribution in [3.8, 4) is 0 Å². The van der Waals surface area contributed by atoms with Crippen LogP contribution in [0.5, 0.6) is 0 Å². The molecule has 0 aliphatic carbocycles. The highest BCUT2D eigenvalue weighted by molar-refractivity contribution is 7.11. The van der Waals surface area contributed by atoms with Gasteiger partial charge in [0.25, 0.3) is 0 Å². The number of aryl methyl sites for hydroxylation is 2. The molecule has 0 saturated heterocycles. The van der Waals surface area contributed by atoms with Crippen molar-refractivity contribution in [1.82, 2.24) is 25.4 Å². The van der Waals surface area contributed by atoms with Crippen molar-refractivity contribution in [3.63, 3.8) is 0 Å². The molecule has 0 aromatic carbocycles. The molecule has 0 fully saturated rings. The first-order valence-corrected chi connectivity index (χ1v) is 7.88. The molecule has 0 spiro atoms. The summed E-state index contributed by atoms with van der Waals surface area (Å²) in [6, 6.07) is 0. The number of nitrogens with one attached hydrogen (secondary N) is 2. The first-order valence-electron chi connectivity index (χ1n) is 7.07. The maximum atomic E-state index is 4.41. The van der Waals surface area contributed by atoms with E-state index in [-0.39, 0.29) is 0 Å². The summed E-state index contributed by atoms with van der Waals surface area (Å²) in [6.07, 6.45) is 7.78. The van der Waals surface area contributed by atoms with Crippen molar-refractivity contribution in [2.45, 2.75) is 26.3 Å². The van der Waals surface area contributed by atoms with E-state index in [9.17, 15) is 0 Å². The number of nitrogens with zero attached hydrogens (tertiary/aromatic N) is 4. The third kappa shape index (κ3) is 4.86. The van der Waals surface area contributed by atoms with Gasteiger partial charge in [0.05, 0.1) is 11.2 Å². The largest absolute Gasteiger partial charge is 0.356 e. The standard InChI is InChI=1S/C14H22N6S/c1-4-12-9-17-13(21-12)5-6-16-14(15-2)18-7-11-8-19-20(3)10-11/h8-10H,4-7H2,1-3H3,(H2,15,16,18). The minimum Gasteiger partial charge on any atom is -0.356 e. The van der Waals surface area contributed by atoms with Crippen LogP contribution in [0.1, 0.15) is 22.4 Å². The Hall–Kier alpha value is -1.89. The molecule has 2 aromatic heterocycles. The predicted molar refractivity (Wildman–Crippen MR) is 86.6 cm³/mol. The van der Waals surface area contributed by atoms with E-state index in [1.807, 2.05) is 25.6 Å². The predicted octanol–water partition coefficient (Wildman–Crippen LogP) is 1.35. The Balaban J connectivity index is 1.72. The van der Waals surface area contributed by atoms with Gasteiger partial charge in [-0.05, 0) is 6.42 Å². The van der Waals surface area contributed by atoms with Crippen LogP contribution in [0.4, 0.5) is 0 Å². The number of thiazole rings is 1. The quantitative estimate of drug-likeness (QED) is 0.624. The Morgan fingerprint density at radius 3 is 2.86 bits per heavy atom. The molecule has 0 aliphatic heterocycles.